The molecule has 1 aromatic heterocycles. The van der Waals surface area contributed by atoms with Crippen LogP contribution in [0.1, 0.15) is 52.1 Å². The van der Waals surface area contributed by atoms with Crippen LogP contribution in [0.25, 0.3) is 0 Å². The minimum absolute atomic E-state index is 0.126. The van der Waals surface area contributed by atoms with Gasteiger partial charge in [-0.2, -0.15) is 0 Å². The van der Waals surface area contributed by atoms with Crippen LogP contribution in [0.3, 0.4) is 0 Å². The number of nitrogens with zero attached hydrogens (tertiary/aromatic N) is 1. The molecule has 1 atom stereocenters. The zero-order chi connectivity index (χ0) is 11.6. The topological polar surface area (TPSA) is 54.7 Å². The molecule has 0 aliphatic heterocycles. The first-order valence-corrected chi connectivity index (χ1v) is 5.61. The molecule has 0 saturated carbocycles. The van der Waals surface area contributed by atoms with Crippen LogP contribution < -0.4 is 5.73 Å². The lowest BCUT2D eigenvalue weighted by atomic mass is 9.93. The fraction of sp³-hybridized carbons (Fsp3) is 0.750. The van der Waals surface area contributed by atoms with Gasteiger partial charge in [-0.15, -0.1) is 0 Å². The van der Waals surface area contributed by atoms with E-state index in [4.69, 9.17) is 5.73 Å². The van der Waals surface area contributed by atoms with E-state index in [0.717, 1.165) is 5.82 Å². The summed E-state index contributed by atoms with van der Waals surface area (Å²) in [7, 11) is 0. The van der Waals surface area contributed by atoms with Crippen molar-refractivity contribution in [2.45, 2.75) is 46.0 Å². The smallest absolute Gasteiger partial charge is 0.110 e. The van der Waals surface area contributed by atoms with Gasteiger partial charge in [0.25, 0.3) is 0 Å². The zero-order valence-electron chi connectivity index (χ0n) is 10.5. The normalized spacial score (nSPS) is 14.6. The Bertz CT molecular complexity index is 307. The Morgan fingerprint density at radius 3 is 2.33 bits per heavy atom. The van der Waals surface area contributed by atoms with E-state index < -0.39 is 0 Å². The van der Waals surface area contributed by atoms with Gasteiger partial charge in [-0.3, -0.25) is 0 Å². The number of imidazole rings is 1. The molecular weight excluding hydrogens is 186 g/mol. The Hall–Kier alpha value is -0.830. The van der Waals surface area contributed by atoms with Gasteiger partial charge in [0, 0.05) is 29.8 Å². The molecule has 0 fully saturated rings. The molecule has 3 nitrogen and oxygen atoms in total. The first-order chi connectivity index (χ1) is 6.86. The SMILES string of the molecule is CC(C)C(CN)c1ncc(C(C)(C)C)[nH]1. The summed E-state index contributed by atoms with van der Waals surface area (Å²) >= 11 is 0. The highest BCUT2D eigenvalue weighted by Crippen LogP contribution is 2.25. The number of rotatable bonds is 3. The number of hydrogen-bond acceptors (Lipinski definition) is 2. The number of nitrogens with two attached hydrogens (primary N) is 1. The number of hydrogen-bond donors (Lipinski definition) is 2. The molecule has 0 aliphatic carbocycles. The lowest BCUT2D eigenvalue weighted by molar-refractivity contribution is 0.483. The van der Waals surface area contributed by atoms with Crippen molar-refractivity contribution in [1.29, 1.82) is 0 Å². The Kier molecular flexibility index (Phi) is 3.55. The molecule has 1 rings (SSSR count). The van der Waals surface area contributed by atoms with E-state index in [1.807, 2.05) is 6.20 Å². The number of H-pyrrole nitrogens is 1. The molecule has 1 heterocycles. The standard InChI is InChI=1S/C12H23N3/c1-8(2)9(6-13)11-14-7-10(15-11)12(3,4)5/h7-9H,6,13H2,1-5H3,(H,14,15). The van der Waals surface area contributed by atoms with Gasteiger partial charge in [-0.1, -0.05) is 34.6 Å². The molecule has 3 N–H and O–H groups in total. The summed E-state index contributed by atoms with van der Waals surface area (Å²) in [6, 6.07) is 0. The van der Waals surface area contributed by atoms with Crippen LogP contribution in [0.4, 0.5) is 0 Å². The van der Waals surface area contributed by atoms with Gasteiger partial charge >= 0.3 is 0 Å². The maximum Gasteiger partial charge on any atom is 0.110 e. The monoisotopic (exact) mass is 209 g/mol. The van der Waals surface area contributed by atoms with Gasteiger partial charge in [-0.25, -0.2) is 4.98 Å². The minimum atomic E-state index is 0.126. The largest absolute Gasteiger partial charge is 0.345 e. The molecule has 0 aliphatic rings. The maximum atomic E-state index is 5.76. The molecule has 0 radical (unpaired) electrons. The van der Waals surface area contributed by atoms with Crippen LogP contribution in [-0.4, -0.2) is 16.5 Å². The fourth-order valence-corrected chi connectivity index (χ4v) is 1.61. The molecule has 86 valence electrons. The van der Waals surface area contributed by atoms with Gasteiger partial charge in [0.1, 0.15) is 5.82 Å². The molecule has 0 aromatic carbocycles. The molecule has 0 bridgehead atoms. The van der Waals surface area contributed by atoms with Crippen molar-refractivity contribution in [2.75, 3.05) is 6.54 Å². The van der Waals surface area contributed by atoms with Gasteiger partial charge < -0.3 is 10.7 Å². The molecule has 15 heavy (non-hydrogen) atoms. The van der Waals surface area contributed by atoms with E-state index in [1.165, 1.54) is 5.69 Å². The predicted molar refractivity (Wildman–Crippen MR) is 63.9 cm³/mol. The van der Waals surface area contributed by atoms with Crippen molar-refractivity contribution in [1.82, 2.24) is 9.97 Å². The maximum absolute atomic E-state index is 5.76. The predicted octanol–water partition coefficient (Wildman–Crippen LogP) is 2.41. The first-order valence-electron chi connectivity index (χ1n) is 5.61. The summed E-state index contributed by atoms with van der Waals surface area (Å²) in [6.07, 6.45) is 1.93. The lowest BCUT2D eigenvalue weighted by Gasteiger charge is -2.18. The summed E-state index contributed by atoms with van der Waals surface area (Å²) in [6.45, 7) is 11.5. The van der Waals surface area contributed by atoms with Gasteiger partial charge in [-0.05, 0) is 5.92 Å². The summed E-state index contributed by atoms with van der Waals surface area (Å²) in [4.78, 5) is 7.83. The van der Waals surface area contributed by atoms with Crippen LogP contribution in [0, 0.1) is 5.92 Å². The minimum Gasteiger partial charge on any atom is -0.345 e. The third-order valence-corrected chi connectivity index (χ3v) is 2.81. The highest BCUT2D eigenvalue weighted by molar-refractivity contribution is 5.14. The van der Waals surface area contributed by atoms with Crippen LogP contribution in [0.15, 0.2) is 6.20 Å². The number of aromatic amines is 1. The Balaban J connectivity index is 2.92. The Morgan fingerprint density at radius 1 is 1.40 bits per heavy atom. The second-order valence-corrected chi connectivity index (χ2v) is 5.52. The Morgan fingerprint density at radius 2 is 2.00 bits per heavy atom. The highest BCUT2D eigenvalue weighted by atomic mass is 14.9. The average Bonchev–Trinajstić information content (AvgIpc) is 2.52. The molecular formula is C12H23N3. The van der Waals surface area contributed by atoms with Crippen LogP contribution in [0.5, 0.6) is 0 Å². The van der Waals surface area contributed by atoms with Crippen molar-refractivity contribution < 1.29 is 0 Å². The van der Waals surface area contributed by atoms with Crippen LogP contribution in [-0.2, 0) is 5.41 Å². The van der Waals surface area contributed by atoms with Crippen LogP contribution >= 0.6 is 0 Å². The van der Waals surface area contributed by atoms with Gasteiger partial charge in [0.2, 0.25) is 0 Å². The fourth-order valence-electron chi connectivity index (χ4n) is 1.61. The van der Waals surface area contributed by atoms with Crippen LogP contribution in [0.2, 0.25) is 0 Å². The zero-order valence-corrected chi connectivity index (χ0v) is 10.5. The lowest BCUT2D eigenvalue weighted by Crippen LogP contribution is -2.19. The van der Waals surface area contributed by atoms with E-state index in [2.05, 4.69) is 44.6 Å². The third-order valence-electron chi connectivity index (χ3n) is 2.81. The second-order valence-electron chi connectivity index (χ2n) is 5.52. The number of nitrogens with one attached hydrogen (secondary N) is 1. The molecule has 0 spiro atoms. The number of aromatic nitrogens is 2. The van der Waals surface area contributed by atoms with E-state index in [0.29, 0.717) is 18.4 Å². The molecule has 0 saturated heterocycles. The second kappa shape index (κ2) is 4.35. The summed E-state index contributed by atoms with van der Waals surface area (Å²) in [5.74, 6) is 1.88. The van der Waals surface area contributed by atoms with Crippen molar-refractivity contribution in [3.8, 4) is 0 Å². The van der Waals surface area contributed by atoms with Crippen molar-refractivity contribution in [3.05, 3.63) is 17.7 Å². The van der Waals surface area contributed by atoms with E-state index in [1.54, 1.807) is 0 Å². The molecule has 1 aromatic rings. The van der Waals surface area contributed by atoms with Crippen molar-refractivity contribution >= 4 is 0 Å². The highest BCUT2D eigenvalue weighted by Gasteiger charge is 2.21. The first kappa shape index (κ1) is 12.2. The molecule has 0 amide bonds. The Labute approximate surface area is 92.5 Å². The van der Waals surface area contributed by atoms with E-state index in [9.17, 15) is 0 Å². The average molecular weight is 209 g/mol. The van der Waals surface area contributed by atoms with Crippen molar-refractivity contribution in [2.24, 2.45) is 11.7 Å². The van der Waals surface area contributed by atoms with Gasteiger partial charge in [0.15, 0.2) is 0 Å². The summed E-state index contributed by atoms with van der Waals surface area (Å²) < 4.78 is 0. The quantitative estimate of drug-likeness (QED) is 0.803. The van der Waals surface area contributed by atoms with Crippen molar-refractivity contribution in [3.63, 3.8) is 0 Å². The molecule has 1 unspecified atom stereocenters. The molecule has 3 heteroatoms. The summed E-state index contributed by atoms with van der Waals surface area (Å²) in [5.41, 5.74) is 7.07. The summed E-state index contributed by atoms with van der Waals surface area (Å²) in [5, 5.41) is 0. The van der Waals surface area contributed by atoms with Gasteiger partial charge in [0.05, 0.1) is 0 Å². The van der Waals surface area contributed by atoms with E-state index in [-0.39, 0.29) is 5.41 Å². The third kappa shape index (κ3) is 2.81. The van der Waals surface area contributed by atoms with E-state index >= 15 is 0 Å².